The van der Waals surface area contributed by atoms with Crippen LogP contribution in [0.15, 0.2) is 0 Å². The molecule has 0 aliphatic heterocycles. The van der Waals surface area contributed by atoms with Crippen LogP contribution in [0.4, 0.5) is 13.2 Å². The maximum Gasteiger partial charge on any atom is 0.471 e. The minimum absolute atomic E-state index is 0.0678. The fourth-order valence-electron chi connectivity index (χ4n) is 1.82. The second-order valence-electron chi connectivity index (χ2n) is 6.80. The largest absolute Gasteiger partial charge is 0.471 e. The van der Waals surface area contributed by atoms with Gasteiger partial charge in [0.2, 0.25) is 0 Å². The van der Waals surface area contributed by atoms with Gasteiger partial charge in [0.15, 0.2) is 0 Å². The Hall–Kier alpha value is -1.12. The number of unbranched alkanes of at least 4 members (excludes halogenated alkanes) is 3. The lowest BCUT2D eigenvalue weighted by Gasteiger charge is -2.19. The summed E-state index contributed by atoms with van der Waals surface area (Å²) in [5, 5.41) is 1.73. The van der Waals surface area contributed by atoms with Gasteiger partial charge >= 0.3 is 26.3 Å². The number of esters is 1. The van der Waals surface area contributed by atoms with Gasteiger partial charge in [-0.15, -0.1) is 0 Å². The van der Waals surface area contributed by atoms with Crippen LogP contribution in [-0.4, -0.2) is 43.4 Å². The van der Waals surface area contributed by atoms with E-state index in [0.717, 1.165) is 0 Å². The third-order valence-corrected chi connectivity index (χ3v) is 3.88. The van der Waals surface area contributed by atoms with Gasteiger partial charge in [0, 0.05) is 13.0 Å². The van der Waals surface area contributed by atoms with Gasteiger partial charge < -0.3 is 19.1 Å². The summed E-state index contributed by atoms with van der Waals surface area (Å²) in [4.78, 5) is 22.0. The number of nitrogens with one attached hydrogen (secondary N) is 1. The van der Waals surface area contributed by atoms with Gasteiger partial charge in [-0.2, -0.15) is 13.2 Å². The van der Waals surface area contributed by atoms with Crippen LogP contribution in [0.3, 0.4) is 0 Å². The van der Waals surface area contributed by atoms with Gasteiger partial charge in [-0.3, -0.25) is 14.2 Å². The van der Waals surface area contributed by atoms with Crippen LogP contribution in [-0.2, 0) is 27.9 Å². The maximum absolute atomic E-state index is 11.9. The number of halogens is 3. The Morgan fingerprint density at radius 3 is 2.00 bits per heavy atom. The molecule has 0 fully saturated rings. The topological polar surface area (TPSA) is 90.9 Å². The molecular formula is C16H29F3NO6P. The van der Waals surface area contributed by atoms with Crippen molar-refractivity contribution in [2.24, 2.45) is 0 Å². The minimum Gasteiger partial charge on any atom is -0.460 e. The van der Waals surface area contributed by atoms with Crippen molar-refractivity contribution in [1.82, 2.24) is 5.32 Å². The molecular weight excluding hydrogens is 390 g/mol. The Labute approximate surface area is 158 Å². The van der Waals surface area contributed by atoms with Crippen molar-refractivity contribution < 1.29 is 41.1 Å². The van der Waals surface area contributed by atoms with Crippen LogP contribution >= 0.6 is 8.25 Å². The Balaban J connectivity index is 3.50. The summed E-state index contributed by atoms with van der Waals surface area (Å²) in [5.74, 6) is -2.24. The number of rotatable bonds is 13. The average molecular weight is 419 g/mol. The van der Waals surface area contributed by atoms with E-state index in [4.69, 9.17) is 13.8 Å². The smallest absolute Gasteiger partial charge is 0.460 e. The third kappa shape index (κ3) is 16.8. The van der Waals surface area contributed by atoms with Crippen LogP contribution in [0.2, 0.25) is 0 Å². The van der Waals surface area contributed by atoms with Crippen LogP contribution in [0, 0.1) is 0 Å². The minimum atomic E-state index is -4.89. The summed E-state index contributed by atoms with van der Waals surface area (Å²) in [7, 11) is -2.65. The Morgan fingerprint density at radius 2 is 1.48 bits per heavy atom. The van der Waals surface area contributed by atoms with Crippen molar-refractivity contribution in [2.45, 2.75) is 71.1 Å². The molecule has 0 spiro atoms. The zero-order chi connectivity index (χ0) is 20.9. The molecule has 1 N–H and O–H groups in total. The van der Waals surface area contributed by atoms with E-state index < -0.39 is 25.9 Å². The van der Waals surface area contributed by atoms with Gasteiger partial charge in [-0.05, 0) is 46.5 Å². The van der Waals surface area contributed by atoms with Crippen molar-refractivity contribution in [3.8, 4) is 0 Å². The van der Waals surface area contributed by atoms with Crippen LogP contribution < -0.4 is 5.32 Å². The molecule has 27 heavy (non-hydrogen) atoms. The van der Waals surface area contributed by atoms with E-state index in [1.54, 1.807) is 26.1 Å². The first-order chi connectivity index (χ1) is 12.4. The molecule has 0 aliphatic carbocycles. The first-order valence-corrected chi connectivity index (χ1v) is 10.0. The number of carbonyl (C=O) groups is 2. The molecule has 0 saturated heterocycles. The van der Waals surface area contributed by atoms with E-state index in [0.29, 0.717) is 32.1 Å². The highest BCUT2D eigenvalue weighted by Crippen LogP contribution is 2.24. The summed E-state index contributed by atoms with van der Waals surface area (Å²) < 4.78 is 62.3. The standard InChI is InChI=1S/C16H29F3NO6P/c1-15(2,3)26-13(21)9-5-4-7-11-24-27(23)25-12-8-6-10-20-14(22)16(17,18)19/h27H,4-12H2,1-3H3,(H,20,22). The molecule has 160 valence electrons. The zero-order valence-electron chi connectivity index (χ0n) is 15.9. The van der Waals surface area contributed by atoms with Crippen molar-refractivity contribution in [3.63, 3.8) is 0 Å². The number of amides is 1. The van der Waals surface area contributed by atoms with Crippen LogP contribution in [0.1, 0.15) is 59.3 Å². The van der Waals surface area contributed by atoms with E-state index in [-0.39, 0.29) is 32.1 Å². The first-order valence-electron chi connectivity index (χ1n) is 8.78. The molecule has 0 aliphatic rings. The quantitative estimate of drug-likeness (QED) is 0.278. The molecule has 11 heteroatoms. The normalized spacial score (nSPS) is 13.3. The van der Waals surface area contributed by atoms with Gasteiger partial charge in [0.1, 0.15) is 5.60 Å². The number of hydrogen-bond acceptors (Lipinski definition) is 6. The van der Waals surface area contributed by atoms with Gasteiger partial charge in [-0.1, -0.05) is 6.42 Å². The molecule has 0 aromatic heterocycles. The molecule has 0 saturated carbocycles. The average Bonchev–Trinajstić information content (AvgIpc) is 2.51. The predicted molar refractivity (Wildman–Crippen MR) is 93.5 cm³/mol. The van der Waals surface area contributed by atoms with E-state index >= 15 is 0 Å². The Bertz CT molecular complexity index is 480. The van der Waals surface area contributed by atoms with Crippen LogP contribution in [0.5, 0.6) is 0 Å². The van der Waals surface area contributed by atoms with E-state index in [9.17, 15) is 27.3 Å². The lowest BCUT2D eigenvalue weighted by atomic mass is 10.1. The predicted octanol–water partition coefficient (Wildman–Crippen LogP) is 3.77. The molecule has 0 radical (unpaired) electrons. The second kappa shape index (κ2) is 13.1. The van der Waals surface area contributed by atoms with Crippen molar-refractivity contribution in [2.75, 3.05) is 19.8 Å². The van der Waals surface area contributed by atoms with Crippen molar-refractivity contribution in [1.29, 1.82) is 0 Å². The molecule has 0 aromatic rings. The summed E-state index contributed by atoms with van der Waals surface area (Å²) in [5.41, 5.74) is -0.499. The summed E-state index contributed by atoms with van der Waals surface area (Å²) in [6, 6.07) is 0. The van der Waals surface area contributed by atoms with E-state index in [1.165, 1.54) is 0 Å². The lowest BCUT2D eigenvalue weighted by Crippen LogP contribution is -2.37. The number of ether oxygens (including phenoxy) is 1. The molecule has 7 nitrogen and oxygen atoms in total. The fourth-order valence-corrected chi connectivity index (χ4v) is 2.53. The summed E-state index contributed by atoms with van der Waals surface area (Å²) in [6.07, 6.45) is -1.99. The van der Waals surface area contributed by atoms with Gasteiger partial charge in [0.05, 0.1) is 13.2 Å². The van der Waals surface area contributed by atoms with Gasteiger partial charge in [-0.25, -0.2) is 0 Å². The number of carbonyl (C=O) groups excluding carboxylic acids is 2. The molecule has 1 amide bonds. The third-order valence-electron chi connectivity index (χ3n) is 3.00. The SMILES string of the molecule is CC(C)(C)OC(=O)CCCCCO[PH](=O)OCCCCNC(=O)C(F)(F)F. The second-order valence-corrected chi connectivity index (χ2v) is 7.88. The Kier molecular flexibility index (Phi) is 12.6. The molecule has 0 aromatic carbocycles. The van der Waals surface area contributed by atoms with Gasteiger partial charge in [0.25, 0.3) is 0 Å². The number of alkyl halides is 3. The summed E-state index contributed by atoms with van der Waals surface area (Å²) in [6.45, 7) is 5.56. The highest BCUT2D eigenvalue weighted by Gasteiger charge is 2.38. The van der Waals surface area contributed by atoms with Crippen molar-refractivity contribution >= 4 is 20.1 Å². The Morgan fingerprint density at radius 1 is 0.926 bits per heavy atom. The number of hydrogen-bond donors (Lipinski definition) is 1. The molecule has 0 rings (SSSR count). The first kappa shape index (κ1) is 25.9. The maximum atomic E-state index is 11.9. The fraction of sp³-hybridized carbons (Fsp3) is 0.875. The molecule has 0 heterocycles. The summed E-state index contributed by atoms with van der Waals surface area (Å²) >= 11 is 0. The highest BCUT2D eigenvalue weighted by atomic mass is 31.1. The monoisotopic (exact) mass is 419 g/mol. The molecule has 1 unspecified atom stereocenters. The lowest BCUT2D eigenvalue weighted by molar-refractivity contribution is -0.173. The van der Waals surface area contributed by atoms with E-state index in [2.05, 4.69) is 0 Å². The zero-order valence-corrected chi connectivity index (χ0v) is 16.9. The molecule has 0 bridgehead atoms. The highest BCUT2D eigenvalue weighted by molar-refractivity contribution is 7.33. The van der Waals surface area contributed by atoms with E-state index in [1.807, 2.05) is 0 Å². The molecule has 1 atom stereocenters. The van der Waals surface area contributed by atoms with Crippen molar-refractivity contribution in [3.05, 3.63) is 0 Å². The van der Waals surface area contributed by atoms with Crippen LogP contribution in [0.25, 0.3) is 0 Å².